The minimum absolute atomic E-state index is 0.103. The van der Waals surface area contributed by atoms with E-state index in [9.17, 15) is 21.4 Å². The van der Waals surface area contributed by atoms with Crippen molar-refractivity contribution in [2.75, 3.05) is 36.0 Å². The number of rotatable bonds is 13. The summed E-state index contributed by atoms with van der Waals surface area (Å²) in [4.78, 5) is 3.13. The van der Waals surface area contributed by atoms with Gasteiger partial charge in [-0.05, 0) is 67.7 Å². The summed E-state index contributed by atoms with van der Waals surface area (Å²) in [5.74, 6) is -0.551. The quantitative estimate of drug-likeness (QED) is 0.138. The Labute approximate surface area is 283 Å². The van der Waals surface area contributed by atoms with E-state index in [-0.39, 0.29) is 12.2 Å². The summed E-state index contributed by atoms with van der Waals surface area (Å²) in [6.45, 7) is 4.10. The first-order valence-electron chi connectivity index (χ1n) is 14.8. The van der Waals surface area contributed by atoms with Crippen LogP contribution in [0.3, 0.4) is 0 Å². The maximum absolute atomic E-state index is 12.7. The summed E-state index contributed by atoms with van der Waals surface area (Å²) in [7, 11) is -8.05. The lowest BCUT2D eigenvalue weighted by Gasteiger charge is -2.25. The van der Waals surface area contributed by atoms with Crippen LogP contribution in [0.5, 0.6) is 0 Å². The molecule has 5 rings (SSSR count). The molecule has 0 radical (unpaired) electrons. The normalized spacial score (nSPS) is 17.5. The fourth-order valence-corrected chi connectivity index (χ4v) is 9.46. The van der Waals surface area contributed by atoms with Gasteiger partial charge < -0.3 is 9.45 Å². The molecule has 15 heteroatoms. The van der Waals surface area contributed by atoms with Crippen LogP contribution >= 0.6 is 46.3 Å². The van der Waals surface area contributed by atoms with Gasteiger partial charge in [0.2, 0.25) is 5.52 Å². The van der Waals surface area contributed by atoms with Gasteiger partial charge in [0.15, 0.2) is 6.54 Å². The summed E-state index contributed by atoms with van der Waals surface area (Å²) in [5, 5.41) is 4.56. The van der Waals surface area contributed by atoms with Gasteiger partial charge in [0.25, 0.3) is 15.1 Å². The summed E-state index contributed by atoms with van der Waals surface area (Å²) >= 11 is 15.8. The average Bonchev–Trinajstić information content (AvgIpc) is 3.48. The number of piperidine rings is 1. The first-order valence-corrected chi connectivity index (χ1v) is 20.3. The molecule has 3 heterocycles. The number of aryl methyl sites for hydroxylation is 1. The van der Waals surface area contributed by atoms with Gasteiger partial charge in [0.1, 0.15) is 4.70 Å². The van der Waals surface area contributed by atoms with Crippen molar-refractivity contribution in [3.05, 3.63) is 68.1 Å². The van der Waals surface area contributed by atoms with Crippen LogP contribution in [0.15, 0.2) is 58.0 Å². The fraction of sp³-hybridized carbons (Fsp3) is 0.433. The predicted octanol–water partition coefficient (Wildman–Crippen LogP) is 6.82. The number of thioether (sulfide) groups is 1. The fourth-order valence-electron chi connectivity index (χ4n) is 5.32. The maximum Gasteiger partial charge on any atom is 0.283 e. The second-order valence-electron chi connectivity index (χ2n) is 10.9. The minimum Gasteiger partial charge on any atom is -0.748 e. The smallest absolute Gasteiger partial charge is 0.283 e. The minimum atomic E-state index is -4.33. The molecule has 0 aliphatic carbocycles. The van der Waals surface area contributed by atoms with E-state index in [1.807, 2.05) is 41.0 Å². The Kier molecular flexibility index (Phi) is 11.6. The van der Waals surface area contributed by atoms with Crippen molar-refractivity contribution < 1.29 is 30.2 Å². The van der Waals surface area contributed by atoms with Gasteiger partial charge in [-0.1, -0.05) is 59.6 Å². The first-order chi connectivity index (χ1) is 21.4. The molecule has 1 aromatic heterocycles. The Hall–Kier alpha value is -1.68. The number of aromatic nitrogens is 1. The van der Waals surface area contributed by atoms with Gasteiger partial charge in [-0.25, -0.2) is 8.42 Å². The lowest BCUT2D eigenvalue weighted by Crippen LogP contribution is -2.36. The lowest BCUT2D eigenvalue weighted by molar-refractivity contribution is -0.668. The zero-order valence-corrected chi connectivity index (χ0v) is 29.6. The number of hydrogen-bond acceptors (Lipinski definition) is 10. The molecule has 0 saturated carbocycles. The second-order valence-corrected chi connectivity index (χ2v) is 17.1. The van der Waals surface area contributed by atoms with Gasteiger partial charge >= 0.3 is 0 Å². The number of thiazole rings is 1. The van der Waals surface area contributed by atoms with Gasteiger partial charge in [0.05, 0.1) is 26.6 Å². The monoisotopic (exact) mass is 731 g/mol. The topological polar surface area (TPSA) is 111 Å². The third-order valence-corrected chi connectivity index (χ3v) is 12.2. The van der Waals surface area contributed by atoms with E-state index in [0.717, 1.165) is 55.7 Å². The number of halogens is 2. The zero-order valence-electron chi connectivity index (χ0n) is 24.8. The third kappa shape index (κ3) is 9.45. The number of fused-ring (bicyclic) bond motifs is 2. The molecule has 1 fully saturated rings. The molecule has 1 saturated heterocycles. The Morgan fingerprint density at radius 2 is 1.76 bits per heavy atom. The van der Waals surface area contributed by atoms with Crippen LogP contribution in [0.4, 0.5) is 5.69 Å². The van der Waals surface area contributed by atoms with Crippen molar-refractivity contribution in [1.29, 1.82) is 0 Å². The van der Waals surface area contributed by atoms with Gasteiger partial charge in [0, 0.05) is 58.9 Å². The molecule has 0 unspecified atom stereocenters. The van der Waals surface area contributed by atoms with Crippen LogP contribution in [0.25, 0.3) is 16.3 Å². The Morgan fingerprint density at radius 1 is 1.02 bits per heavy atom. The molecule has 2 aromatic carbocycles. The summed E-state index contributed by atoms with van der Waals surface area (Å²) in [6, 6.07) is 11.3. The van der Waals surface area contributed by atoms with Gasteiger partial charge in [-0.3, -0.25) is 0 Å². The Bertz CT molecular complexity index is 1820. The summed E-state index contributed by atoms with van der Waals surface area (Å²) in [5.41, 5.74) is 2.82. The van der Waals surface area contributed by atoms with Crippen molar-refractivity contribution in [2.45, 2.75) is 56.9 Å². The average molecular weight is 733 g/mol. The van der Waals surface area contributed by atoms with Crippen molar-refractivity contribution in [3.8, 4) is 0 Å². The number of allylic oxidation sites excluding steroid dienone is 2. The van der Waals surface area contributed by atoms with E-state index in [1.54, 1.807) is 28.2 Å². The molecule has 244 valence electrons. The number of nitrogens with zero attached hydrogens (tertiary/aromatic N) is 3. The molecule has 45 heavy (non-hydrogen) atoms. The van der Waals surface area contributed by atoms with Crippen LogP contribution in [0, 0.1) is 0 Å². The predicted molar refractivity (Wildman–Crippen MR) is 182 cm³/mol. The standard InChI is InChI=1S/C30H35Cl2N3O6S4/c1-2-22(18-29-34(14-6-16-44(36,37)38)25-20-23(31)8-10-27(25)42-29)19-30-35(26-21-24(32)9-11-28(26)43-30)15-7-17-45(39,40)41-33-12-4-3-5-13-33/h8-11,18-21H,2-7,12-17H2,1H3. The SMILES string of the molecule is CCC(=Cc1sc2ccc(Cl)cc2[n+]1CCCS(=O)(=O)[O-])C=C1Sc2ccc(Cl)cc2N1CCCS(=O)(=O)ON1CCCCC1. The van der Waals surface area contributed by atoms with Crippen LogP contribution in [-0.2, 0) is 31.1 Å². The van der Waals surface area contributed by atoms with E-state index in [2.05, 4.69) is 24.0 Å². The van der Waals surface area contributed by atoms with Gasteiger partial charge in [-0.15, -0.1) is 0 Å². The van der Waals surface area contributed by atoms with E-state index in [4.69, 9.17) is 27.5 Å². The highest BCUT2D eigenvalue weighted by Crippen LogP contribution is 2.47. The molecule has 9 nitrogen and oxygen atoms in total. The molecule has 2 aliphatic rings. The molecule has 0 bridgehead atoms. The van der Waals surface area contributed by atoms with Gasteiger partial charge in [-0.2, -0.15) is 22.3 Å². The highest BCUT2D eigenvalue weighted by atomic mass is 35.5. The van der Waals surface area contributed by atoms with E-state index < -0.39 is 26.0 Å². The van der Waals surface area contributed by atoms with Crippen molar-refractivity contribution >= 4 is 88.5 Å². The summed E-state index contributed by atoms with van der Waals surface area (Å²) in [6.07, 6.45) is 8.36. The first kappa shape index (κ1) is 34.6. The second kappa shape index (κ2) is 15.0. The van der Waals surface area contributed by atoms with Crippen LogP contribution in [0.1, 0.15) is 50.5 Å². The highest BCUT2D eigenvalue weighted by Gasteiger charge is 2.27. The highest BCUT2D eigenvalue weighted by molar-refractivity contribution is 8.03. The number of hydrogen-bond donors (Lipinski definition) is 0. The largest absolute Gasteiger partial charge is 0.748 e. The number of benzene rings is 2. The van der Waals surface area contributed by atoms with E-state index in [1.165, 1.54) is 0 Å². The molecule has 2 aliphatic heterocycles. The van der Waals surface area contributed by atoms with E-state index >= 15 is 0 Å². The molecular formula is C30H35Cl2N3O6S4. The van der Waals surface area contributed by atoms with Crippen LogP contribution in [0.2, 0.25) is 10.0 Å². The van der Waals surface area contributed by atoms with Crippen molar-refractivity contribution in [2.24, 2.45) is 0 Å². The Morgan fingerprint density at radius 3 is 2.49 bits per heavy atom. The lowest BCUT2D eigenvalue weighted by atomic mass is 10.2. The maximum atomic E-state index is 12.7. The molecular weight excluding hydrogens is 698 g/mol. The van der Waals surface area contributed by atoms with Crippen molar-refractivity contribution in [3.63, 3.8) is 0 Å². The number of hydroxylamine groups is 2. The van der Waals surface area contributed by atoms with Crippen LogP contribution in [-0.4, -0.2) is 57.6 Å². The summed E-state index contributed by atoms with van der Waals surface area (Å²) < 4.78 is 67.7. The van der Waals surface area contributed by atoms with Crippen molar-refractivity contribution in [1.82, 2.24) is 5.06 Å². The zero-order chi connectivity index (χ0) is 32.2. The molecule has 0 N–H and O–H groups in total. The van der Waals surface area contributed by atoms with E-state index in [0.29, 0.717) is 49.1 Å². The molecule has 0 amide bonds. The van der Waals surface area contributed by atoms with Crippen LogP contribution < -0.4 is 9.47 Å². The molecule has 3 aromatic rings. The number of anilines is 1. The molecule has 0 atom stereocenters. The Balaban J connectivity index is 1.41. The third-order valence-electron chi connectivity index (χ3n) is 7.50. The molecule has 0 spiro atoms.